The zero-order chi connectivity index (χ0) is 20.4. The van der Waals surface area contributed by atoms with E-state index in [0.29, 0.717) is 18.4 Å². The number of nitriles is 3. The predicted molar refractivity (Wildman–Crippen MR) is 99.1 cm³/mol. The van der Waals surface area contributed by atoms with Crippen LogP contribution >= 0.6 is 0 Å². The van der Waals surface area contributed by atoms with Crippen LogP contribution < -0.4 is 0 Å². The highest BCUT2D eigenvalue weighted by atomic mass is 16.5. The van der Waals surface area contributed by atoms with Crippen molar-refractivity contribution in [2.75, 3.05) is 13.2 Å². The molecule has 1 aromatic carbocycles. The van der Waals surface area contributed by atoms with Gasteiger partial charge in [0.05, 0.1) is 35.3 Å². The van der Waals surface area contributed by atoms with Crippen molar-refractivity contribution >= 4 is 5.97 Å². The molecule has 6 nitrogen and oxygen atoms in total. The maximum absolute atomic E-state index is 12.1. The van der Waals surface area contributed by atoms with Gasteiger partial charge in [0.15, 0.2) is 0 Å². The molecule has 0 unspecified atom stereocenters. The molecule has 0 aliphatic rings. The lowest BCUT2D eigenvalue weighted by atomic mass is 9.85. The molecular formula is C21H25N3O3. The Labute approximate surface area is 160 Å². The van der Waals surface area contributed by atoms with E-state index >= 15 is 0 Å². The fourth-order valence-corrected chi connectivity index (χ4v) is 3.02. The molecule has 2 atom stereocenters. The number of aliphatic hydroxyl groups excluding tert-OH is 1. The van der Waals surface area contributed by atoms with Crippen LogP contribution in [0.2, 0.25) is 0 Å². The number of carbonyl (C=O) groups excluding carboxylic acids is 1. The molecule has 0 saturated carbocycles. The van der Waals surface area contributed by atoms with E-state index in [2.05, 4.69) is 6.07 Å². The monoisotopic (exact) mass is 367 g/mol. The quantitative estimate of drug-likeness (QED) is 0.670. The number of rotatable bonds is 9. The minimum absolute atomic E-state index is 0.00527. The van der Waals surface area contributed by atoms with Crippen molar-refractivity contribution in [3.05, 3.63) is 34.4 Å². The van der Waals surface area contributed by atoms with Gasteiger partial charge in [-0.05, 0) is 48.8 Å². The SMILES string of the molecule is CC(C)[C@H](CC[C@H](C)Cc1cc(C#N)c(C#N)cc1C#N)C(=O)OCCO. The van der Waals surface area contributed by atoms with Crippen LogP contribution in [0.25, 0.3) is 0 Å². The van der Waals surface area contributed by atoms with Gasteiger partial charge < -0.3 is 9.84 Å². The predicted octanol–water partition coefficient (Wildman–Crippen LogP) is 3.07. The van der Waals surface area contributed by atoms with Gasteiger partial charge in [-0.15, -0.1) is 0 Å². The summed E-state index contributed by atoms with van der Waals surface area (Å²) in [6, 6.07) is 9.11. The topological polar surface area (TPSA) is 118 Å². The van der Waals surface area contributed by atoms with Crippen LogP contribution in [0.1, 0.15) is 55.9 Å². The van der Waals surface area contributed by atoms with Gasteiger partial charge in [0, 0.05) is 0 Å². The van der Waals surface area contributed by atoms with Crippen LogP contribution in [0.15, 0.2) is 12.1 Å². The number of hydrogen-bond acceptors (Lipinski definition) is 6. The van der Waals surface area contributed by atoms with E-state index in [4.69, 9.17) is 15.1 Å². The molecule has 0 aromatic heterocycles. The maximum Gasteiger partial charge on any atom is 0.309 e. The molecule has 0 heterocycles. The molecule has 1 aromatic rings. The standard InChI is InChI=1S/C21H25N3O3/c1-14(2)20(21(26)27-7-6-25)5-4-15(3)8-16-9-18(12-23)19(13-24)10-17(16)11-22/h9-10,14-15,20,25H,4-8H2,1-3H3/t15-,20-/m0/s1. The summed E-state index contributed by atoms with van der Waals surface area (Å²) in [6.45, 7) is 5.77. The number of carbonyl (C=O) groups is 1. The highest BCUT2D eigenvalue weighted by Crippen LogP contribution is 2.25. The maximum atomic E-state index is 12.1. The van der Waals surface area contributed by atoms with Crippen molar-refractivity contribution in [2.24, 2.45) is 17.8 Å². The van der Waals surface area contributed by atoms with Crippen LogP contribution in [0.4, 0.5) is 0 Å². The molecule has 0 spiro atoms. The smallest absolute Gasteiger partial charge is 0.309 e. The second-order valence-electron chi connectivity index (χ2n) is 7.02. The molecule has 0 radical (unpaired) electrons. The largest absolute Gasteiger partial charge is 0.463 e. The molecule has 27 heavy (non-hydrogen) atoms. The first-order valence-corrected chi connectivity index (χ1v) is 9.02. The summed E-state index contributed by atoms with van der Waals surface area (Å²) < 4.78 is 5.06. The normalized spacial score (nSPS) is 12.5. The van der Waals surface area contributed by atoms with E-state index < -0.39 is 0 Å². The first-order chi connectivity index (χ1) is 12.9. The Bertz CT molecular complexity index is 782. The Morgan fingerprint density at radius 2 is 1.63 bits per heavy atom. The summed E-state index contributed by atoms with van der Waals surface area (Å²) in [6.07, 6.45) is 1.98. The summed E-state index contributed by atoms with van der Waals surface area (Å²) in [4.78, 5) is 12.1. The fourth-order valence-electron chi connectivity index (χ4n) is 3.02. The minimum atomic E-state index is -0.297. The van der Waals surface area contributed by atoms with E-state index in [1.165, 1.54) is 6.07 Å². The first-order valence-electron chi connectivity index (χ1n) is 9.02. The number of esters is 1. The number of aliphatic hydroxyl groups is 1. The summed E-state index contributed by atoms with van der Waals surface area (Å²) in [7, 11) is 0. The zero-order valence-electron chi connectivity index (χ0n) is 16.0. The van der Waals surface area contributed by atoms with Crippen molar-refractivity contribution in [3.8, 4) is 18.2 Å². The van der Waals surface area contributed by atoms with Gasteiger partial charge in [-0.2, -0.15) is 15.8 Å². The molecule has 1 rings (SSSR count). The third kappa shape index (κ3) is 6.41. The van der Waals surface area contributed by atoms with E-state index in [1.54, 1.807) is 6.07 Å². The number of hydrogen-bond donors (Lipinski definition) is 1. The highest BCUT2D eigenvalue weighted by molar-refractivity contribution is 5.72. The average Bonchev–Trinajstić information content (AvgIpc) is 2.65. The van der Waals surface area contributed by atoms with Crippen LogP contribution in [0, 0.1) is 51.7 Å². The average molecular weight is 367 g/mol. The van der Waals surface area contributed by atoms with Gasteiger partial charge in [-0.1, -0.05) is 20.8 Å². The molecule has 142 valence electrons. The van der Waals surface area contributed by atoms with Gasteiger partial charge in [0.2, 0.25) is 0 Å². The Hall–Kier alpha value is -2.88. The van der Waals surface area contributed by atoms with Gasteiger partial charge in [0.25, 0.3) is 0 Å². The number of benzene rings is 1. The summed E-state index contributed by atoms with van der Waals surface area (Å²) in [5.41, 5.74) is 1.62. The van der Waals surface area contributed by atoms with Crippen molar-refractivity contribution in [2.45, 2.75) is 40.0 Å². The van der Waals surface area contributed by atoms with Gasteiger partial charge in [-0.3, -0.25) is 4.79 Å². The second kappa shape index (κ2) is 11.0. The third-order valence-electron chi connectivity index (χ3n) is 4.59. The molecule has 0 saturated heterocycles. The summed E-state index contributed by atoms with van der Waals surface area (Å²) in [5, 5.41) is 36.4. The Balaban J connectivity index is 2.83. The lowest BCUT2D eigenvalue weighted by molar-refractivity contribution is -0.151. The summed E-state index contributed by atoms with van der Waals surface area (Å²) in [5.74, 6) is -0.235. The number of ether oxygens (including phenoxy) is 1. The van der Waals surface area contributed by atoms with Gasteiger partial charge >= 0.3 is 5.97 Å². The van der Waals surface area contributed by atoms with Gasteiger partial charge in [-0.25, -0.2) is 0 Å². The Kier molecular flexibility index (Phi) is 9.00. The zero-order valence-corrected chi connectivity index (χ0v) is 16.0. The van der Waals surface area contributed by atoms with Gasteiger partial charge in [0.1, 0.15) is 18.7 Å². The number of nitrogens with zero attached hydrogens (tertiary/aromatic N) is 3. The van der Waals surface area contributed by atoms with Crippen molar-refractivity contribution in [1.82, 2.24) is 0 Å². The second-order valence-corrected chi connectivity index (χ2v) is 7.02. The van der Waals surface area contributed by atoms with Crippen LogP contribution in [-0.2, 0) is 16.0 Å². The molecule has 0 amide bonds. The first kappa shape index (κ1) is 22.2. The lowest BCUT2D eigenvalue weighted by Crippen LogP contribution is -2.24. The highest BCUT2D eigenvalue weighted by Gasteiger charge is 2.24. The molecule has 0 bridgehead atoms. The van der Waals surface area contributed by atoms with Crippen LogP contribution in [-0.4, -0.2) is 24.3 Å². The van der Waals surface area contributed by atoms with E-state index in [0.717, 1.165) is 12.0 Å². The van der Waals surface area contributed by atoms with Crippen molar-refractivity contribution in [1.29, 1.82) is 15.8 Å². The van der Waals surface area contributed by atoms with Crippen molar-refractivity contribution in [3.63, 3.8) is 0 Å². The van der Waals surface area contributed by atoms with Crippen LogP contribution in [0.5, 0.6) is 0 Å². The third-order valence-corrected chi connectivity index (χ3v) is 4.59. The molecule has 0 aliphatic heterocycles. The summed E-state index contributed by atoms with van der Waals surface area (Å²) >= 11 is 0. The fraction of sp³-hybridized carbons (Fsp3) is 0.524. The van der Waals surface area contributed by atoms with Crippen molar-refractivity contribution < 1.29 is 14.6 Å². The lowest BCUT2D eigenvalue weighted by Gasteiger charge is -2.21. The molecule has 1 N–H and O–H groups in total. The van der Waals surface area contributed by atoms with E-state index in [9.17, 15) is 15.3 Å². The van der Waals surface area contributed by atoms with E-state index in [1.807, 2.05) is 32.9 Å². The Morgan fingerprint density at radius 3 is 2.15 bits per heavy atom. The minimum Gasteiger partial charge on any atom is -0.463 e. The van der Waals surface area contributed by atoms with Crippen LogP contribution in [0.3, 0.4) is 0 Å². The molecule has 0 aliphatic carbocycles. The molecule has 6 heteroatoms. The van der Waals surface area contributed by atoms with E-state index in [-0.39, 0.29) is 48.1 Å². The molecular weight excluding hydrogens is 342 g/mol. The molecule has 0 fully saturated rings. The Morgan fingerprint density at radius 1 is 1.04 bits per heavy atom.